The number of esters is 1. The number of benzene rings is 2. The summed E-state index contributed by atoms with van der Waals surface area (Å²) in [5.41, 5.74) is 2.79. The Balaban J connectivity index is 1.53. The van der Waals surface area contributed by atoms with Crippen molar-refractivity contribution in [3.8, 4) is 5.75 Å². The first-order chi connectivity index (χ1) is 15.9. The van der Waals surface area contributed by atoms with E-state index in [0.717, 1.165) is 30.3 Å². The third kappa shape index (κ3) is 4.72. The summed E-state index contributed by atoms with van der Waals surface area (Å²) in [6, 6.07) is 10.2. The molecule has 1 aliphatic heterocycles. The maximum Gasteiger partial charge on any atom is 0.340 e. The number of fused-ring (bicyclic) bond motifs is 1. The predicted molar refractivity (Wildman–Crippen MR) is 124 cm³/mol. The zero-order valence-corrected chi connectivity index (χ0v) is 19.3. The van der Waals surface area contributed by atoms with E-state index >= 15 is 0 Å². The Morgan fingerprint density at radius 1 is 1.09 bits per heavy atom. The Kier molecular flexibility index (Phi) is 6.67. The summed E-state index contributed by atoms with van der Waals surface area (Å²) in [4.78, 5) is 27.7. The average Bonchev–Trinajstić information content (AvgIpc) is 3.15. The van der Waals surface area contributed by atoms with Crippen molar-refractivity contribution in [2.24, 2.45) is 13.0 Å². The summed E-state index contributed by atoms with van der Waals surface area (Å²) in [5, 5.41) is 0.672. The molecule has 33 heavy (non-hydrogen) atoms. The highest BCUT2D eigenvalue weighted by atomic mass is 19.1. The van der Waals surface area contributed by atoms with Crippen LogP contribution in [0.1, 0.15) is 46.0 Å². The fourth-order valence-corrected chi connectivity index (χ4v) is 4.58. The average molecular weight is 453 g/mol. The van der Waals surface area contributed by atoms with Gasteiger partial charge < -0.3 is 18.9 Å². The zero-order chi connectivity index (χ0) is 23.5. The van der Waals surface area contributed by atoms with Gasteiger partial charge >= 0.3 is 5.97 Å². The van der Waals surface area contributed by atoms with Crippen LogP contribution in [-0.4, -0.2) is 48.1 Å². The van der Waals surface area contributed by atoms with Gasteiger partial charge in [-0.25, -0.2) is 9.18 Å². The van der Waals surface area contributed by atoms with Crippen molar-refractivity contribution < 1.29 is 23.5 Å². The van der Waals surface area contributed by atoms with E-state index in [4.69, 9.17) is 9.47 Å². The van der Waals surface area contributed by atoms with E-state index in [1.807, 2.05) is 28.6 Å². The first kappa shape index (κ1) is 22.8. The molecule has 2 aromatic carbocycles. The zero-order valence-electron chi connectivity index (χ0n) is 19.3. The van der Waals surface area contributed by atoms with Gasteiger partial charge in [0.25, 0.3) is 5.91 Å². The lowest BCUT2D eigenvalue weighted by atomic mass is 9.90. The van der Waals surface area contributed by atoms with Crippen molar-refractivity contribution in [1.82, 2.24) is 9.47 Å². The van der Waals surface area contributed by atoms with Crippen molar-refractivity contribution in [2.75, 3.05) is 26.8 Å². The van der Waals surface area contributed by atoms with Crippen LogP contribution in [0.3, 0.4) is 0 Å². The number of hydrogen-bond donors (Lipinski definition) is 0. The lowest BCUT2D eigenvalue weighted by Crippen LogP contribution is -2.39. The fourth-order valence-electron chi connectivity index (χ4n) is 4.58. The van der Waals surface area contributed by atoms with E-state index in [9.17, 15) is 14.0 Å². The molecule has 4 rings (SSSR count). The number of aromatic nitrogens is 1. The van der Waals surface area contributed by atoms with Crippen LogP contribution in [0.5, 0.6) is 5.75 Å². The first-order valence-corrected chi connectivity index (χ1v) is 11.3. The van der Waals surface area contributed by atoms with Crippen LogP contribution in [-0.2, 0) is 18.2 Å². The van der Waals surface area contributed by atoms with Gasteiger partial charge in [0.05, 0.1) is 30.4 Å². The summed E-state index contributed by atoms with van der Waals surface area (Å²) in [6.45, 7) is 3.33. The quantitative estimate of drug-likeness (QED) is 0.513. The molecule has 0 aliphatic carbocycles. The van der Waals surface area contributed by atoms with Crippen LogP contribution in [0.2, 0.25) is 0 Å². The number of rotatable bonds is 6. The smallest absolute Gasteiger partial charge is 0.340 e. The van der Waals surface area contributed by atoms with Crippen LogP contribution in [0.4, 0.5) is 4.39 Å². The number of methoxy groups -OCH3 is 1. The molecular weight excluding hydrogens is 423 g/mol. The van der Waals surface area contributed by atoms with E-state index in [1.165, 1.54) is 12.1 Å². The van der Waals surface area contributed by atoms with E-state index in [0.29, 0.717) is 41.3 Å². The molecule has 2 heterocycles. The molecule has 1 saturated heterocycles. The topological polar surface area (TPSA) is 60.8 Å². The monoisotopic (exact) mass is 452 g/mol. The van der Waals surface area contributed by atoms with Gasteiger partial charge in [0.1, 0.15) is 11.6 Å². The summed E-state index contributed by atoms with van der Waals surface area (Å²) >= 11 is 0. The number of likely N-dealkylation sites (tertiary alicyclic amines) is 1. The van der Waals surface area contributed by atoms with Crippen molar-refractivity contribution >= 4 is 22.8 Å². The van der Waals surface area contributed by atoms with E-state index < -0.39 is 5.97 Å². The number of carbonyl (C=O) groups excluding carboxylic acids is 2. The number of halogens is 1. The van der Waals surface area contributed by atoms with Crippen molar-refractivity contribution in [3.63, 3.8) is 0 Å². The van der Waals surface area contributed by atoms with Crippen LogP contribution < -0.4 is 4.74 Å². The van der Waals surface area contributed by atoms with Gasteiger partial charge in [0, 0.05) is 37.8 Å². The minimum absolute atomic E-state index is 0.104. The number of aryl methyl sites for hydroxylation is 1. The lowest BCUT2D eigenvalue weighted by molar-refractivity contribution is 0.0527. The third-order valence-electron chi connectivity index (χ3n) is 6.38. The molecule has 0 unspecified atom stereocenters. The Morgan fingerprint density at radius 2 is 1.79 bits per heavy atom. The first-order valence-electron chi connectivity index (χ1n) is 11.3. The number of carbonyl (C=O) groups is 2. The summed E-state index contributed by atoms with van der Waals surface area (Å²) in [6.07, 6.45) is 4.36. The lowest BCUT2D eigenvalue weighted by Gasteiger charge is -2.32. The number of amides is 1. The van der Waals surface area contributed by atoms with Gasteiger partial charge in [-0.1, -0.05) is 12.1 Å². The van der Waals surface area contributed by atoms with Crippen molar-refractivity contribution in [2.45, 2.75) is 26.2 Å². The minimum atomic E-state index is -0.409. The van der Waals surface area contributed by atoms with E-state index in [2.05, 4.69) is 0 Å². The van der Waals surface area contributed by atoms with Gasteiger partial charge in [0.15, 0.2) is 0 Å². The van der Waals surface area contributed by atoms with Crippen molar-refractivity contribution in [1.29, 1.82) is 0 Å². The number of nitrogens with zero attached hydrogens (tertiary/aromatic N) is 2. The number of piperidine rings is 1. The molecule has 0 saturated carbocycles. The molecule has 1 amide bonds. The molecule has 0 spiro atoms. The highest BCUT2D eigenvalue weighted by molar-refractivity contribution is 6.08. The second kappa shape index (κ2) is 9.65. The van der Waals surface area contributed by atoms with Gasteiger partial charge in [-0.05, 0) is 55.9 Å². The molecular formula is C26H29FN2O4. The highest BCUT2D eigenvalue weighted by Gasteiger charge is 2.27. The summed E-state index contributed by atoms with van der Waals surface area (Å²) in [5.74, 6) is 0.196. The maximum atomic E-state index is 13.4. The normalized spacial score (nSPS) is 14.5. The van der Waals surface area contributed by atoms with E-state index in [1.54, 1.807) is 32.4 Å². The predicted octanol–water partition coefficient (Wildman–Crippen LogP) is 4.60. The Labute approximate surface area is 192 Å². The Bertz CT molecular complexity index is 1160. The molecule has 1 aromatic heterocycles. The molecule has 6 nitrogen and oxygen atoms in total. The Morgan fingerprint density at radius 3 is 2.42 bits per heavy atom. The van der Waals surface area contributed by atoms with Gasteiger partial charge in [0.2, 0.25) is 0 Å². The standard InChI is InChI=1S/C26H29FN2O4/c1-4-33-26(31)22-16-28(2)23-15-24(32-3)21(14-20(22)23)25(30)29-11-9-18(10-12-29)13-17-5-7-19(27)8-6-17/h5-8,14-16,18H,4,9-13H2,1-3H3. The summed E-state index contributed by atoms with van der Waals surface area (Å²) in [7, 11) is 3.39. The molecule has 0 bridgehead atoms. The van der Waals surface area contributed by atoms with Gasteiger partial charge in [-0.2, -0.15) is 0 Å². The summed E-state index contributed by atoms with van der Waals surface area (Å²) < 4.78 is 25.7. The van der Waals surface area contributed by atoms with Gasteiger partial charge in [-0.3, -0.25) is 4.79 Å². The van der Waals surface area contributed by atoms with Gasteiger partial charge in [-0.15, -0.1) is 0 Å². The maximum absolute atomic E-state index is 13.4. The fraction of sp³-hybridized carbons (Fsp3) is 0.385. The SMILES string of the molecule is CCOC(=O)c1cn(C)c2cc(OC)c(C(=O)N3CCC(Cc4ccc(F)cc4)CC3)cc12. The number of ether oxygens (including phenoxy) is 2. The minimum Gasteiger partial charge on any atom is -0.496 e. The molecule has 1 fully saturated rings. The largest absolute Gasteiger partial charge is 0.496 e. The molecule has 7 heteroatoms. The number of hydrogen-bond acceptors (Lipinski definition) is 4. The van der Waals surface area contributed by atoms with Crippen LogP contribution >= 0.6 is 0 Å². The molecule has 0 radical (unpaired) electrons. The molecule has 1 aliphatic rings. The molecule has 0 atom stereocenters. The third-order valence-corrected chi connectivity index (χ3v) is 6.38. The van der Waals surface area contributed by atoms with Crippen LogP contribution in [0.15, 0.2) is 42.6 Å². The second-order valence-electron chi connectivity index (χ2n) is 8.51. The molecule has 3 aromatic rings. The van der Waals surface area contributed by atoms with Crippen LogP contribution in [0, 0.1) is 11.7 Å². The Hall–Kier alpha value is -3.35. The highest BCUT2D eigenvalue weighted by Crippen LogP contribution is 2.32. The van der Waals surface area contributed by atoms with E-state index in [-0.39, 0.29) is 18.3 Å². The second-order valence-corrected chi connectivity index (χ2v) is 8.51. The van der Waals surface area contributed by atoms with Crippen molar-refractivity contribution in [3.05, 3.63) is 65.1 Å². The molecule has 0 N–H and O–H groups in total. The molecule has 174 valence electrons. The van der Waals surface area contributed by atoms with Crippen LogP contribution in [0.25, 0.3) is 10.9 Å².